The van der Waals surface area contributed by atoms with Crippen molar-refractivity contribution >= 4 is 0 Å². The summed E-state index contributed by atoms with van der Waals surface area (Å²) in [6, 6.07) is 0. The van der Waals surface area contributed by atoms with Gasteiger partial charge < -0.3 is 10.2 Å². The molecular weight excluding hydrogens is 140 g/mol. The van der Waals surface area contributed by atoms with Gasteiger partial charge in [0.2, 0.25) is 0 Å². The van der Waals surface area contributed by atoms with E-state index in [4.69, 9.17) is 0 Å². The maximum Gasteiger partial charge on any atom is 0.0777 e. The van der Waals surface area contributed by atoms with Crippen LogP contribution in [0.3, 0.4) is 0 Å². The molecule has 64 valence electrons. The summed E-state index contributed by atoms with van der Waals surface area (Å²) >= 11 is 0. The van der Waals surface area contributed by atoms with Gasteiger partial charge in [0, 0.05) is 0 Å². The zero-order chi connectivity index (χ0) is 8.65. The first-order valence-electron chi connectivity index (χ1n) is 3.97. The van der Waals surface area contributed by atoms with E-state index in [1.165, 1.54) is 0 Å². The third-order valence-electron chi connectivity index (χ3n) is 2.35. The number of hydrogen-bond donors (Lipinski definition) is 2. The fraction of sp³-hybridized carbons (Fsp3) is 0.778. The molecule has 0 spiro atoms. The van der Waals surface area contributed by atoms with Gasteiger partial charge in [0.05, 0.1) is 12.2 Å². The summed E-state index contributed by atoms with van der Waals surface area (Å²) in [5.41, 5.74) is 0.615. The number of hydrogen-bond acceptors (Lipinski definition) is 2. The third-order valence-corrected chi connectivity index (χ3v) is 2.35. The minimum atomic E-state index is -0.520. The Hall–Kier alpha value is -0.340. The Morgan fingerprint density at radius 2 is 1.64 bits per heavy atom. The highest BCUT2D eigenvalue weighted by molar-refractivity contribution is 5.13. The summed E-state index contributed by atoms with van der Waals surface area (Å²) in [6.07, 6.45) is 0.383. The maximum absolute atomic E-state index is 9.42. The van der Waals surface area contributed by atoms with Gasteiger partial charge in [-0.25, -0.2) is 0 Å². The van der Waals surface area contributed by atoms with E-state index in [1.54, 1.807) is 0 Å². The van der Waals surface area contributed by atoms with E-state index >= 15 is 0 Å². The monoisotopic (exact) mass is 156 g/mol. The van der Waals surface area contributed by atoms with Crippen LogP contribution in [0.25, 0.3) is 0 Å². The molecule has 0 bridgehead atoms. The molecule has 0 aromatic carbocycles. The largest absolute Gasteiger partial charge is 0.389 e. The van der Waals surface area contributed by atoms with Crippen molar-refractivity contribution in [1.82, 2.24) is 0 Å². The van der Waals surface area contributed by atoms with Crippen molar-refractivity contribution in [2.45, 2.75) is 38.9 Å². The van der Waals surface area contributed by atoms with Crippen LogP contribution in [0.5, 0.6) is 0 Å². The van der Waals surface area contributed by atoms with Crippen LogP contribution in [0.15, 0.2) is 12.2 Å². The van der Waals surface area contributed by atoms with Crippen LogP contribution in [0, 0.1) is 5.41 Å². The summed E-state index contributed by atoms with van der Waals surface area (Å²) in [5, 5.41) is 18.8. The Bertz CT molecular complexity index is 156. The SMILES string of the molecule is C=C1C(O)CC(C)(C)C[C@@H]1O. The van der Waals surface area contributed by atoms with Crippen LogP contribution in [0.4, 0.5) is 0 Å². The van der Waals surface area contributed by atoms with Gasteiger partial charge in [-0.1, -0.05) is 20.4 Å². The molecule has 0 amide bonds. The minimum absolute atomic E-state index is 0.0417. The van der Waals surface area contributed by atoms with E-state index in [0.717, 1.165) is 0 Å². The first-order chi connectivity index (χ1) is 4.92. The standard InChI is InChI=1S/C9H16O2/c1-6-7(10)4-9(2,3)5-8(6)11/h7-8,10-11H,1,4-5H2,2-3H3/t7-,8?/m0/s1. The second-order valence-electron chi connectivity index (χ2n) is 4.18. The van der Waals surface area contributed by atoms with Crippen molar-refractivity contribution in [2.75, 3.05) is 0 Å². The van der Waals surface area contributed by atoms with Gasteiger partial charge in [-0.3, -0.25) is 0 Å². The average Bonchev–Trinajstić information content (AvgIpc) is 1.81. The van der Waals surface area contributed by atoms with E-state index < -0.39 is 12.2 Å². The van der Waals surface area contributed by atoms with E-state index in [1.807, 2.05) is 13.8 Å². The lowest BCUT2D eigenvalue weighted by atomic mass is 9.73. The van der Waals surface area contributed by atoms with Gasteiger partial charge in [-0.05, 0) is 23.8 Å². The number of rotatable bonds is 0. The van der Waals surface area contributed by atoms with E-state index in [9.17, 15) is 10.2 Å². The first kappa shape index (κ1) is 8.75. The van der Waals surface area contributed by atoms with Crippen molar-refractivity contribution in [3.63, 3.8) is 0 Å². The molecule has 2 heteroatoms. The summed E-state index contributed by atoms with van der Waals surface area (Å²) in [5.74, 6) is 0. The lowest BCUT2D eigenvalue weighted by Gasteiger charge is -2.37. The average molecular weight is 156 g/mol. The van der Waals surface area contributed by atoms with Crippen LogP contribution < -0.4 is 0 Å². The molecule has 1 saturated carbocycles. The number of aliphatic hydroxyl groups excluding tert-OH is 2. The van der Waals surface area contributed by atoms with Gasteiger partial charge in [0.25, 0.3) is 0 Å². The molecule has 11 heavy (non-hydrogen) atoms. The summed E-state index contributed by atoms with van der Waals surface area (Å²) in [7, 11) is 0. The highest BCUT2D eigenvalue weighted by Gasteiger charge is 2.34. The Labute approximate surface area is 67.6 Å². The Morgan fingerprint density at radius 3 is 2.00 bits per heavy atom. The lowest BCUT2D eigenvalue weighted by molar-refractivity contribution is 0.0368. The van der Waals surface area contributed by atoms with Gasteiger partial charge in [0.1, 0.15) is 0 Å². The van der Waals surface area contributed by atoms with Gasteiger partial charge in [-0.15, -0.1) is 0 Å². The Kier molecular flexibility index (Phi) is 2.08. The maximum atomic E-state index is 9.42. The van der Waals surface area contributed by atoms with E-state index in [0.29, 0.717) is 18.4 Å². The molecule has 1 aliphatic carbocycles. The van der Waals surface area contributed by atoms with Gasteiger partial charge in [0.15, 0.2) is 0 Å². The predicted molar refractivity (Wildman–Crippen MR) is 44.2 cm³/mol. The van der Waals surface area contributed by atoms with E-state index in [2.05, 4.69) is 6.58 Å². The molecule has 0 radical (unpaired) electrons. The molecule has 1 rings (SSSR count). The summed E-state index contributed by atoms with van der Waals surface area (Å²) in [6.45, 7) is 7.74. The van der Waals surface area contributed by atoms with Crippen molar-refractivity contribution in [3.8, 4) is 0 Å². The molecule has 0 aromatic rings. The second-order valence-corrected chi connectivity index (χ2v) is 4.18. The van der Waals surface area contributed by atoms with Crippen molar-refractivity contribution < 1.29 is 10.2 Å². The zero-order valence-electron chi connectivity index (χ0n) is 7.17. The molecule has 1 aliphatic rings. The molecule has 1 fully saturated rings. The quantitative estimate of drug-likeness (QED) is 0.515. The van der Waals surface area contributed by atoms with Crippen LogP contribution >= 0.6 is 0 Å². The molecular formula is C9H16O2. The minimum Gasteiger partial charge on any atom is -0.389 e. The fourth-order valence-electron chi connectivity index (χ4n) is 1.61. The van der Waals surface area contributed by atoms with E-state index in [-0.39, 0.29) is 5.41 Å². The molecule has 0 saturated heterocycles. The normalized spacial score (nSPS) is 37.3. The second kappa shape index (κ2) is 2.61. The zero-order valence-corrected chi connectivity index (χ0v) is 7.17. The highest BCUT2D eigenvalue weighted by Crippen LogP contribution is 2.37. The van der Waals surface area contributed by atoms with Crippen LogP contribution in [0.2, 0.25) is 0 Å². The molecule has 1 unspecified atom stereocenters. The van der Waals surface area contributed by atoms with Gasteiger partial charge in [-0.2, -0.15) is 0 Å². The fourth-order valence-corrected chi connectivity index (χ4v) is 1.61. The van der Waals surface area contributed by atoms with Crippen LogP contribution in [0.1, 0.15) is 26.7 Å². The smallest absolute Gasteiger partial charge is 0.0777 e. The Balaban J connectivity index is 2.70. The molecule has 0 heterocycles. The Morgan fingerprint density at radius 1 is 1.27 bits per heavy atom. The first-order valence-corrected chi connectivity index (χ1v) is 3.97. The summed E-state index contributed by atoms with van der Waals surface area (Å²) in [4.78, 5) is 0. The van der Waals surface area contributed by atoms with Crippen molar-refractivity contribution in [3.05, 3.63) is 12.2 Å². The van der Waals surface area contributed by atoms with Crippen molar-refractivity contribution in [1.29, 1.82) is 0 Å². The molecule has 2 atom stereocenters. The lowest BCUT2D eigenvalue weighted by Crippen LogP contribution is -2.36. The van der Waals surface area contributed by atoms with Crippen molar-refractivity contribution in [2.24, 2.45) is 5.41 Å². The van der Waals surface area contributed by atoms with Gasteiger partial charge >= 0.3 is 0 Å². The summed E-state index contributed by atoms with van der Waals surface area (Å²) < 4.78 is 0. The molecule has 0 aromatic heterocycles. The molecule has 2 N–H and O–H groups in total. The van der Waals surface area contributed by atoms with Crippen LogP contribution in [-0.4, -0.2) is 22.4 Å². The third kappa shape index (κ3) is 1.82. The predicted octanol–water partition coefficient (Wildman–Crippen LogP) is 1.08. The van der Waals surface area contributed by atoms with Crippen LogP contribution in [-0.2, 0) is 0 Å². The topological polar surface area (TPSA) is 40.5 Å². The highest BCUT2D eigenvalue weighted by atomic mass is 16.3. The molecule has 0 aliphatic heterocycles. The molecule has 2 nitrogen and oxygen atoms in total. The number of aliphatic hydroxyl groups is 2.